The van der Waals surface area contributed by atoms with Crippen molar-refractivity contribution in [3.63, 3.8) is 0 Å². The highest BCUT2D eigenvalue weighted by molar-refractivity contribution is 6.00. The zero-order valence-electron chi connectivity index (χ0n) is 12.0. The van der Waals surface area contributed by atoms with E-state index in [0.29, 0.717) is 17.3 Å². The Morgan fingerprint density at radius 3 is 2.89 bits per heavy atom. The minimum atomic E-state index is 0.0746. The second-order valence-electron chi connectivity index (χ2n) is 5.59. The molecule has 1 fully saturated rings. The number of rotatable bonds is 3. The average Bonchev–Trinajstić information content (AvgIpc) is 2.79. The fourth-order valence-electron chi connectivity index (χ4n) is 2.74. The smallest absolute Gasteiger partial charge is 0.256 e. The van der Waals surface area contributed by atoms with Crippen LogP contribution in [0.15, 0.2) is 18.2 Å². The van der Waals surface area contributed by atoms with Gasteiger partial charge < -0.3 is 15.5 Å². The third-order valence-electron chi connectivity index (χ3n) is 3.77. The lowest BCUT2D eigenvalue weighted by Gasteiger charge is -2.27. The van der Waals surface area contributed by atoms with Gasteiger partial charge in [0.05, 0.1) is 5.56 Å². The SMILES string of the molecule is Cc1cccc(C(=O)N2CCCC2CN(C)C)c1N. The van der Waals surface area contributed by atoms with Crippen LogP contribution in [0.2, 0.25) is 0 Å². The van der Waals surface area contributed by atoms with Crippen molar-refractivity contribution in [1.29, 1.82) is 0 Å². The molecule has 1 unspecified atom stereocenters. The Kier molecular flexibility index (Phi) is 4.10. The van der Waals surface area contributed by atoms with Crippen LogP contribution in [-0.2, 0) is 0 Å². The van der Waals surface area contributed by atoms with Gasteiger partial charge in [0.2, 0.25) is 0 Å². The molecule has 104 valence electrons. The van der Waals surface area contributed by atoms with Gasteiger partial charge in [-0.15, -0.1) is 0 Å². The van der Waals surface area contributed by atoms with Crippen molar-refractivity contribution in [3.05, 3.63) is 29.3 Å². The highest BCUT2D eigenvalue weighted by atomic mass is 16.2. The van der Waals surface area contributed by atoms with Gasteiger partial charge in [-0.1, -0.05) is 12.1 Å². The second-order valence-corrected chi connectivity index (χ2v) is 5.59. The normalized spacial score (nSPS) is 19.2. The summed E-state index contributed by atoms with van der Waals surface area (Å²) in [5.41, 5.74) is 8.26. The molecule has 0 bridgehead atoms. The average molecular weight is 261 g/mol. The molecule has 1 aliphatic heterocycles. The topological polar surface area (TPSA) is 49.6 Å². The largest absolute Gasteiger partial charge is 0.398 e. The van der Waals surface area contributed by atoms with Crippen LogP contribution < -0.4 is 5.73 Å². The van der Waals surface area contributed by atoms with Gasteiger partial charge in [-0.25, -0.2) is 0 Å². The highest BCUT2D eigenvalue weighted by Gasteiger charge is 2.30. The third-order valence-corrected chi connectivity index (χ3v) is 3.77. The van der Waals surface area contributed by atoms with Gasteiger partial charge in [0.1, 0.15) is 0 Å². The van der Waals surface area contributed by atoms with Crippen LogP contribution in [-0.4, -0.2) is 48.9 Å². The molecule has 1 saturated heterocycles. The van der Waals surface area contributed by atoms with Crippen LogP contribution >= 0.6 is 0 Å². The summed E-state index contributed by atoms with van der Waals surface area (Å²) < 4.78 is 0. The molecule has 2 rings (SSSR count). The van der Waals surface area contributed by atoms with Crippen molar-refractivity contribution in [2.45, 2.75) is 25.8 Å². The number of amides is 1. The van der Waals surface area contributed by atoms with Gasteiger partial charge in [-0.2, -0.15) is 0 Å². The first kappa shape index (κ1) is 13.9. The summed E-state index contributed by atoms with van der Waals surface area (Å²) in [6, 6.07) is 5.97. The van der Waals surface area contributed by atoms with E-state index in [1.165, 1.54) is 0 Å². The van der Waals surface area contributed by atoms with Crippen molar-refractivity contribution in [3.8, 4) is 0 Å². The molecule has 0 aliphatic carbocycles. The molecule has 0 radical (unpaired) electrons. The molecule has 0 aromatic heterocycles. The molecule has 4 nitrogen and oxygen atoms in total. The first-order valence-electron chi connectivity index (χ1n) is 6.81. The van der Waals surface area contributed by atoms with Crippen LogP contribution in [0.5, 0.6) is 0 Å². The highest BCUT2D eigenvalue weighted by Crippen LogP contribution is 2.24. The zero-order valence-corrected chi connectivity index (χ0v) is 12.0. The molecule has 0 spiro atoms. The monoisotopic (exact) mass is 261 g/mol. The minimum Gasteiger partial charge on any atom is -0.398 e. The van der Waals surface area contributed by atoms with E-state index in [2.05, 4.69) is 4.90 Å². The minimum absolute atomic E-state index is 0.0746. The number of aryl methyl sites for hydroxylation is 1. The van der Waals surface area contributed by atoms with Crippen molar-refractivity contribution >= 4 is 11.6 Å². The molecule has 19 heavy (non-hydrogen) atoms. The standard InChI is InChI=1S/C15H23N3O/c1-11-6-4-8-13(14(11)16)15(19)18-9-5-7-12(18)10-17(2)3/h4,6,8,12H,5,7,9-10,16H2,1-3H3. The van der Waals surface area contributed by atoms with Crippen LogP contribution in [0.3, 0.4) is 0 Å². The number of carbonyl (C=O) groups is 1. The second kappa shape index (κ2) is 5.61. The number of likely N-dealkylation sites (N-methyl/N-ethyl adjacent to an activating group) is 1. The maximum absolute atomic E-state index is 12.6. The number of hydrogen-bond acceptors (Lipinski definition) is 3. The molecule has 4 heteroatoms. The number of nitrogens with zero attached hydrogens (tertiary/aromatic N) is 2. The van der Waals surface area contributed by atoms with E-state index in [4.69, 9.17) is 5.73 Å². The summed E-state index contributed by atoms with van der Waals surface area (Å²) >= 11 is 0. The lowest BCUT2D eigenvalue weighted by Crippen LogP contribution is -2.41. The van der Waals surface area contributed by atoms with Gasteiger partial charge in [0.15, 0.2) is 0 Å². The molecule has 0 saturated carbocycles. The van der Waals surface area contributed by atoms with Crippen LogP contribution in [0.1, 0.15) is 28.8 Å². The summed E-state index contributed by atoms with van der Waals surface area (Å²) in [6.07, 6.45) is 2.16. The van der Waals surface area contributed by atoms with E-state index in [1.54, 1.807) is 0 Å². The van der Waals surface area contributed by atoms with Crippen molar-refractivity contribution in [2.24, 2.45) is 0 Å². The van der Waals surface area contributed by atoms with Crippen molar-refractivity contribution < 1.29 is 4.79 Å². The molecule has 1 aromatic carbocycles. The van der Waals surface area contributed by atoms with E-state index in [-0.39, 0.29) is 5.91 Å². The van der Waals surface area contributed by atoms with Crippen LogP contribution in [0.25, 0.3) is 0 Å². The molecular formula is C15H23N3O. The molecule has 1 aliphatic rings. The van der Waals surface area contributed by atoms with E-state index in [0.717, 1.165) is 31.5 Å². The molecule has 2 N–H and O–H groups in total. The van der Waals surface area contributed by atoms with Gasteiger partial charge in [0, 0.05) is 24.8 Å². The number of likely N-dealkylation sites (tertiary alicyclic amines) is 1. The fourth-order valence-corrected chi connectivity index (χ4v) is 2.74. The summed E-state index contributed by atoms with van der Waals surface area (Å²) in [5, 5.41) is 0. The first-order valence-corrected chi connectivity index (χ1v) is 6.81. The third kappa shape index (κ3) is 2.89. The number of nitrogens with two attached hydrogens (primary N) is 1. The quantitative estimate of drug-likeness (QED) is 0.843. The lowest BCUT2D eigenvalue weighted by atomic mass is 10.1. The van der Waals surface area contributed by atoms with E-state index in [9.17, 15) is 4.79 Å². The zero-order chi connectivity index (χ0) is 14.0. The predicted molar refractivity (Wildman–Crippen MR) is 78.2 cm³/mol. The number of anilines is 1. The Morgan fingerprint density at radius 1 is 1.47 bits per heavy atom. The van der Waals surface area contributed by atoms with Crippen LogP contribution in [0.4, 0.5) is 5.69 Å². The summed E-state index contributed by atoms with van der Waals surface area (Å²) in [6.45, 7) is 3.69. The van der Waals surface area contributed by atoms with Crippen LogP contribution in [0, 0.1) is 6.92 Å². The van der Waals surface area contributed by atoms with E-state index in [1.807, 2.05) is 44.1 Å². The van der Waals surface area contributed by atoms with Gasteiger partial charge in [0.25, 0.3) is 5.91 Å². The number of hydrogen-bond donors (Lipinski definition) is 1. The Hall–Kier alpha value is -1.55. The lowest BCUT2D eigenvalue weighted by molar-refractivity contribution is 0.0717. The van der Waals surface area contributed by atoms with Gasteiger partial charge in [-0.05, 0) is 45.5 Å². The molecule has 1 amide bonds. The number of benzene rings is 1. The van der Waals surface area contributed by atoms with Crippen molar-refractivity contribution in [2.75, 3.05) is 32.9 Å². The molecular weight excluding hydrogens is 238 g/mol. The first-order chi connectivity index (χ1) is 9.00. The fraction of sp³-hybridized carbons (Fsp3) is 0.533. The molecule has 1 heterocycles. The van der Waals surface area contributed by atoms with E-state index < -0.39 is 0 Å². The van der Waals surface area contributed by atoms with E-state index >= 15 is 0 Å². The Balaban J connectivity index is 2.21. The number of para-hydroxylation sites is 1. The summed E-state index contributed by atoms with van der Waals surface area (Å²) in [4.78, 5) is 16.8. The summed E-state index contributed by atoms with van der Waals surface area (Å²) in [5.74, 6) is 0.0746. The maximum atomic E-state index is 12.6. The Bertz CT molecular complexity index is 470. The van der Waals surface area contributed by atoms with Crippen molar-refractivity contribution in [1.82, 2.24) is 9.80 Å². The van der Waals surface area contributed by atoms with Gasteiger partial charge in [-0.3, -0.25) is 4.79 Å². The number of carbonyl (C=O) groups excluding carboxylic acids is 1. The maximum Gasteiger partial charge on any atom is 0.256 e. The Morgan fingerprint density at radius 2 is 2.21 bits per heavy atom. The molecule has 1 atom stereocenters. The summed E-state index contributed by atoms with van der Waals surface area (Å²) in [7, 11) is 4.09. The van der Waals surface area contributed by atoms with Gasteiger partial charge >= 0.3 is 0 Å². The molecule has 1 aromatic rings. The number of nitrogen functional groups attached to an aromatic ring is 1. The Labute approximate surface area is 115 Å². The predicted octanol–water partition coefficient (Wildman–Crippen LogP) is 1.74.